The summed E-state index contributed by atoms with van der Waals surface area (Å²) in [6, 6.07) is 0. The van der Waals surface area contributed by atoms with Crippen LogP contribution in [0.1, 0.15) is 40.0 Å². The van der Waals surface area contributed by atoms with Gasteiger partial charge in [-0.15, -0.1) is 0 Å². The van der Waals surface area contributed by atoms with E-state index in [0.29, 0.717) is 13.2 Å². The topological polar surface area (TPSA) is 23.6 Å². The Kier molecular flexibility index (Phi) is 4.26. The van der Waals surface area contributed by atoms with E-state index >= 15 is 0 Å². The molecular formula is C10H19B2N2O. The molecule has 0 aromatic carbocycles. The Labute approximate surface area is 94.9 Å². The SMILES string of the molecule is [B]N1CN([B]C(C)(CC)CCC)CC1=O. The maximum absolute atomic E-state index is 11.3. The maximum Gasteiger partial charge on any atom is 0.232 e. The Hall–Kier alpha value is -0.440. The lowest BCUT2D eigenvalue weighted by Gasteiger charge is -2.30. The van der Waals surface area contributed by atoms with Crippen LogP contribution in [0.3, 0.4) is 0 Å². The van der Waals surface area contributed by atoms with E-state index in [4.69, 9.17) is 7.98 Å². The van der Waals surface area contributed by atoms with Gasteiger partial charge in [-0.25, -0.2) is 0 Å². The molecule has 1 atom stereocenters. The molecule has 0 spiro atoms. The fourth-order valence-electron chi connectivity index (χ4n) is 2.02. The summed E-state index contributed by atoms with van der Waals surface area (Å²) in [5.74, 6) is 0.00111. The monoisotopic (exact) mass is 205 g/mol. The van der Waals surface area contributed by atoms with Crippen molar-refractivity contribution in [1.29, 1.82) is 0 Å². The van der Waals surface area contributed by atoms with Gasteiger partial charge >= 0.3 is 0 Å². The van der Waals surface area contributed by atoms with Gasteiger partial charge in [-0.1, -0.05) is 40.0 Å². The molecule has 0 saturated carbocycles. The molecule has 0 N–H and O–H groups in total. The highest BCUT2D eigenvalue weighted by atomic mass is 16.2. The summed E-state index contributed by atoms with van der Waals surface area (Å²) < 4.78 is 0. The van der Waals surface area contributed by atoms with E-state index in [1.807, 2.05) is 4.81 Å². The molecule has 0 aromatic heterocycles. The molecule has 3 nitrogen and oxygen atoms in total. The first-order valence-corrected chi connectivity index (χ1v) is 5.66. The van der Waals surface area contributed by atoms with E-state index < -0.39 is 0 Å². The third-order valence-electron chi connectivity index (χ3n) is 3.12. The molecule has 5 heteroatoms. The maximum atomic E-state index is 11.3. The lowest BCUT2D eigenvalue weighted by molar-refractivity contribution is -0.122. The zero-order valence-corrected chi connectivity index (χ0v) is 9.99. The van der Waals surface area contributed by atoms with E-state index in [-0.39, 0.29) is 11.2 Å². The first-order chi connectivity index (χ1) is 7.00. The number of amides is 1. The van der Waals surface area contributed by atoms with Gasteiger partial charge in [0.25, 0.3) is 0 Å². The second-order valence-electron chi connectivity index (χ2n) is 4.64. The normalized spacial score (nSPS) is 21.8. The minimum atomic E-state index is 0.00111. The van der Waals surface area contributed by atoms with Crippen molar-refractivity contribution in [3.05, 3.63) is 0 Å². The third-order valence-corrected chi connectivity index (χ3v) is 3.12. The van der Waals surface area contributed by atoms with Crippen molar-refractivity contribution < 1.29 is 4.79 Å². The molecule has 3 radical (unpaired) electrons. The van der Waals surface area contributed by atoms with Crippen molar-refractivity contribution in [3.63, 3.8) is 0 Å². The molecule has 81 valence electrons. The van der Waals surface area contributed by atoms with E-state index in [1.165, 1.54) is 4.81 Å². The second-order valence-corrected chi connectivity index (χ2v) is 4.64. The molecule has 1 fully saturated rings. The Morgan fingerprint density at radius 3 is 2.60 bits per heavy atom. The zero-order chi connectivity index (χ0) is 11.5. The van der Waals surface area contributed by atoms with Crippen LogP contribution in [0.25, 0.3) is 0 Å². The average molecular weight is 205 g/mol. The molecule has 0 aliphatic carbocycles. The van der Waals surface area contributed by atoms with Crippen LogP contribution in [0, 0.1) is 0 Å². The highest BCUT2D eigenvalue weighted by molar-refractivity contribution is 6.37. The van der Waals surface area contributed by atoms with Crippen molar-refractivity contribution in [3.8, 4) is 0 Å². The number of rotatable bonds is 5. The van der Waals surface area contributed by atoms with Crippen molar-refractivity contribution in [2.75, 3.05) is 13.2 Å². The molecule has 1 saturated heterocycles. The molecular weight excluding hydrogens is 186 g/mol. The summed E-state index contributed by atoms with van der Waals surface area (Å²) in [7, 11) is 7.71. The summed E-state index contributed by atoms with van der Waals surface area (Å²) in [5, 5.41) is 0.195. The summed E-state index contributed by atoms with van der Waals surface area (Å²) in [4.78, 5) is 14.5. The molecule has 1 unspecified atom stereocenters. The largest absolute Gasteiger partial charge is 0.385 e. The second kappa shape index (κ2) is 5.06. The number of nitrogens with zero attached hydrogens (tertiary/aromatic N) is 2. The molecule has 0 bridgehead atoms. The quantitative estimate of drug-likeness (QED) is 0.629. The molecule has 1 aliphatic rings. The number of carbonyl (C=O) groups excluding carboxylic acids is 1. The highest BCUT2D eigenvalue weighted by Gasteiger charge is 2.31. The molecule has 1 rings (SSSR count). The standard InChI is InChI=1S/C10H19B2N2O/c1-4-6-10(3,5-2)12-13-7-9(15)14(11)8-13/h4-8H2,1-3H3. The molecule has 15 heavy (non-hydrogen) atoms. The van der Waals surface area contributed by atoms with Crippen LogP contribution in [-0.4, -0.2) is 44.1 Å². The van der Waals surface area contributed by atoms with Crippen molar-refractivity contribution in [2.45, 2.75) is 45.3 Å². The van der Waals surface area contributed by atoms with Crippen molar-refractivity contribution in [1.82, 2.24) is 9.62 Å². The summed E-state index contributed by atoms with van der Waals surface area (Å²) >= 11 is 0. The predicted octanol–water partition coefficient (Wildman–Crippen LogP) is 1.18. The van der Waals surface area contributed by atoms with Crippen LogP contribution in [0.2, 0.25) is 5.31 Å². The van der Waals surface area contributed by atoms with Crippen LogP contribution in [0.15, 0.2) is 0 Å². The minimum Gasteiger partial charge on any atom is -0.385 e. The average Bonchev–Trinajstić information content (AvgIpc) is 2.46. The van der Waals surface area contributed by atoms with Gasteiger partial charge in [-0.3, -0.25) is 4.79 Å². The van der Waals surface area contributed by atoms with E-state index in [2.05, 4.69) is 28.2 Å². The molecule has 1 amide bonds. The van der Waals surface area contributed by atoms with E-state index in [9.17, 15) is 4.79 Å². The van der Waals surface area contributed by atoms with Crippen LogP contribution >= 0.6 is 0 Å². The van der Waals surface area contributed by atoms with E-state index in [0.717, 1.165) is 19.3 Å². The molecule has 1 aliphatic heterocycles. The Balaban J connectivity index is 2.49. The Bertz CT molecular complexity index is 237. The first-order valence-electron chi connectivity index (χ1n) is 5.66. The van der Waals surface area contributed by atoms with Crippen molar-refractivity contribution >= 4 is 21.3 Å². The van der Waals surface area contributed by atoms with Gasteiger partial charge in [-0.05, 0) is 5.31 Å². The van der Waals surface area contributed by atoms with Gasteiger partial charge in [0, 0.05) is 0 Å². The molecule has 1 heterocycles. The van der Waals surface area contributed by atoms with Crippen LogP contribution in [0.5, 0.6) is 0 Å². The molecule has 0 aromatic rings. The van der Waals surface area contributed by atoms with Crippen LogP contribution in [-0.2, 0) is 4.79 Å². The smallest absolute Gasteiger partial charge is 0.232 e. The number of hydrogen-bond acceptors (Lipinski definition) is 2. The van der Waals surface area contributed by atoms with Crippen molar-refractivity contribution in [2.24, 2.45) is 0 Å². The van der Waals surface area contributed by atoms with E-state index in [1.54, 1.807) is 0 Å². The Morgan fingerprint density at radius 2 is 2.20 bits per heavy atom. The van der Waals surface area contributed by atoms with Gasteiger partial charge in [0.2, 0.25) is 21.3 Å². The Morgan fingerprint density at radius 1 is 1.53 bits per heavy atom. The zero-order valence-electron chi connectivity index (χ0n) is 9.99. The lowest BCUT2D eigenvalue weighted by atomic mass is 9.57. The minimum absolute atomic E-state index is 0.00111. The summed E-state index contributed by atoms with van der Waals surface area (Å²) in [6.07, 6.45) is 3.41. The highest BCUT2D eigenvalue weighted by Crippen LogP contribution is 2.35. The van der Waals surface area contributed by atoms with Gasteiger partial charge in [-0.2, -0.15) is 0 Å². The fraction of sp³-hybridized carbons (Fsp3) is 0.900. The predicted molar refractivity (Wildman–Crippen MR) is 63.5 cm³/mol. The third kappa shape index (κ3) is 3.26. The van der Waals surface area contributed by atoms with Gasteiger partial charge < -0.3 is 9.62 Å². The fourth-order valence-corrected chi connectivity index (χ4v) is 2.02. The van der Waals surface area contributed by atoms with Gasteiger partial charge in [0.05, 0.1) is 13.2 Å². The van der Waals surface area contributed by atoms with Gasteiger partial charge in [0.15, 0.2) is 0 Å². The summed E-state index contributed by atoms with van der Waals surface area (Å²) in [6.45, 7) is 7.56. The van der Waals surface area contributed by atoms with Crippen LogP contribution in [0.4, 0.5) is 0 Å². The van der Waals surface area contributed by atoms with Gasteiger partial charge in [0.1, 0.15) is 0 Å². The first kappa shape index (κ1) is 12.6. The number of carbonyl (C=O) groups is 1. The lowest BCUT2D eigenvalue weighted by Crippen LogP contribution is -2.35. The summed E-state index contributed by atoms with van der Waals surface area (Å²) in [5.41, 5.74) is 0. The number of hydrogen-bond donors (Lipinski definition) is 0. The van der Waals surface area contributed by atoms with Crippen LogP contribution < -0.4 is 0 Å².